The highest BCUT2D eigenvalue weighted by Crippen LogP contribution is 2.32. The highest BCUT2D eigenvalue weighted by molar-refractivity contribution is 6.09. The van der Waals surface area contributed by atoms with Crippen molar-refractivity contribution in [2.24, 2.45) is 16.7 Å². The molecule has 1 aliphatic rings. The molecule has 0 saturated carbocycles. The Kier molecular flexibility index (Phi) is 3.73. The molecule has 0 unspecified atom stereocenters. The number of anilines is 1. The van der Waals surface area contributed by atoms with Crippen LogP contribution in [0.25, 0.3) is 11.0 Å². The lowest BCUT2D eigenvalue weighted by Gasteiger charge is -2.15. The van der Waals surface area contributed by atoms with Crippen LogP contribution in [0, 0.1) is 0 Å². The number of hydrogen-bond donors (Lipinski definition) is 6. The van der Waals surface area contributed by atoms with Gasteiger partial charge < -0.3 is 37.4 Å². The van der Waals surface area contributed by atoms with Crippen LogP contribution in [0.3, 0.4) is 0 Å². The molecule has 0 spiro atoms. The summed E-state index contributed by atoms with van der Waals surface area (Å²) in [4.78, 5) is 7.92. The Bertz CT molecular complexity index is 762. The van der Waals surface area contributed by atoms with Crippen LogP contribution < -0.4 is 17.3 Å². The quantitative estimate of drug-likeness (QED) is 0.143. The second-order valence-corrected chi connectivity index (χ2v) is 4.99. The van der Waals surface area contributed by atoms with Crippen LogP contribution in [-0.2, 0) is 4.74 Å². The first-order valence-electron chi connectivity index (χ1n) is 6.64. The van der Waals surface area contributed by atoms with Crippen LogP contribution in [-0.4, -0.2) is 65.8 Å². The van der Waals surface area contributed by atoms with Crippen molar-refractivity contribution in [3.05, 3.63) is 12.0 Å². The fraction of sp³-hybridized carbons (Fsp3) is 0.455. The van der Waals surface area contributed by atoms with Crippen molar-refractivity contribution >= 4 is 22.7 Å². The van der Waals surface area contributed by atoms with Gasteiger partial charge in [0.05, 0.1) is 12.0 Å². The standard InChI is InChI=1S/C11H16N8O4/c12-8-4-5(9(13)17-14)18-19(10(4)16-2-15-8)11-7(22)6(21)3(1-20)23-11/h2-3,6-7,11,20-22H,1,14H2,(H2,13,17)(H2,12,15,16)/t3-,6-,7-,11-/m1/s1. The van der Waals surface area contributed by atoms with Crippen LogP contribution in [0.4, 0.5) is 5.82 Å². The lowest BCUT2D eigenvalue weighted by Crippen LogP contribution is -2.33. The number of rotatable bonds is 3. The molecule has 23 heavy (non-hydrogen) atoms. The topological polar surface area (TPSA) is 204 Å². The van der Waals surface area contributed by atoms with Crippen LogP contribution >= 0.6 is 0 Å². The van der Waals surface area contributed by atoms with Gasteiger partial charge in [0.25, 0.3) is 0 Å². The van der Waals surface area contributed by atoms with Gasteiger partial charge in [-0.1, -0.05) is 0 Å². The molecule has 1 saturated heterocycles. The third-order valence-electron chi connectivity index (χ3n) is 3.66. The number of aromatic nitrogens is 4. The van der Waals surface area contributed by atoms with Crippen LogP contribution in [0.15, 0.2) is 11.4 Å². The van der Waals surface area contributed by atoms with Crippen molar-refractivity contribution < 1.29 is 20.1 Å². The second kappa shape index (κ2) is 5.58. The summed E-state index contributed by atoms with van der Waals surface area (Å²) >= 11 is 0. The molecule has 12 nitrogen and oxygen atoms in total. The average molecular weight is 324 g/mol. The van der Waals surface area contributed by atoms with Gasteiger partial charge in [0, 0.05) is 0 Å². The number of aliphatic hydroxyl groups excluding tert-OH is 3. The van der Waals surface area contributed by atoms with E-state index in [4.69, 9.17) is 22.0 Å². The Hall–Kier alpha value is -2.54. The fourth-order valence-electron chi connectivity index (χ4n) is 2.50. The van der Waals surface area contributed by atoms with Crippen molar-refractivity contribution in [3.63, 3.8) is 0 Å². The van der Waals surface area contributed by atoms with E-state index in [1.165, 1.54) is 11.0 Å². The minimum Gasteiger partial charge on any atom is -0.394 e. The maximum absolute atomic E-state index is 10.1. The molecule has 3 rings (SSSR count). The summed E-state index contributed by atoms with van der Waals surface area (Å²) in [5.41, 5.74) is 11.9. The molecule has 0 aromatic carbocycles. The summed E-state index contributed by atoms with van der Waals surface area (Å²) in [6.45, 7) is -0.468. The zero-order valence-corrected chi connectivity index (χ0v) is 11.8. The molecule has 124 valence electrons. The maximum Gasteiger partial charge on any atom is 0.181 e. The van der Waals surface area contributed by atoms with Gasteiger partial charge in [-0.25, -0.2) is 14.6 Å². The van der Waals surface area contributed by atoms with Crippen molar-refractivity contribution in [2.45, 2.75) is 24.5 Å². The molecule has 0 amide bonds. The Labute approximate surface area is 129 Å². The largest absolute Gasteiger partial charge is 0.394 e. The van der Waals surface area contributed by atoms with E-state index in [0.717, 1.165) is 0 Å². The lowest BCUT2D eigenvalue weighted by atomic mass is 10.1. The summed E-state index contributed by atoms with van der Waals surface area (Å²) < 4.78 is 6.63. The van der Waals surface area contributed by atoms with Gasteiger partial charge in [0.2, 0.25) is 0 Å². The maximum atomic E-state index is 10.1. The van der Waals surface area contributed by atoms with E-state index >= 15 is 0 Å². The number of amidine groups is 1. The summed E-state index contributed by atoms with van der Waals surface area (Å²) in [5, 5.41) is 37.0. The number of nitrogens with two attached hydrogens (primary N) is 3. The zero-order valence-electron chi connectivity index (χ0n) is 11.8. The van der Waals surface area contributed by atoms with Crippen molar-refractivity contribution in [3.8, 4) is 0 Å². The van der Waals surface area contributed by atoms with E-state index < -0.39 is 31.1 Å². The van der Waals surface area contributed by atoms with Crippen LogP contribution in [0.1, 0.15) is 11.9 Å². The first-order valence-corrected chi connectivity index (χ1v) is 6.64. The van der Waals surface area contributed by atoms with E-state index in [0.29, 0.717) is 0 Å². The van der Waals surface area contributed by atoms with Gasteiger partial charge in [-0.3, -0.25) is 0 Å². The van der Waals surface area contributed by atoms with Gasteiger partial charge in [-0.05, 0) is 0 Å². The Morgan fingerprint density at radius 2 is 2.09 bits per heavy atom. The molecule has 4 atom stereocenters. The monoisotopic (exact) mass is 324 g/mol. The average Bonchev–Trinajstić information content (AvgIpc) is 3.07. The molecule has 12 heteroatoms. The number of nitrogen functional groups attached to an aromatic ring is 1. The molecule has 9 N–H and O–H groups in total. The Balaban J connectivity index is 2.18. The van der Waals surface area contributed by atoms with Gasteiger partial charge in [0.15, 0.2) is 17.7 Å². The zero-order chi connectivity index (χ0) is 16.7. The number of fused-ring (bicyclic) bond motifs is 1. The lowest BCUT2D eigenvalue weighted by molar-refractivity contribution is -0.0566. The van der Waals surface area contributed by atoms with E-state index in [1.54, 1.807) is 0 Å². The SMILES string of the molecule is NN=C(N)c1nn([C@@H]2O[C@H](CO)[C@@H](O)[C@H]2O)c2ncnc(N)c12. The van der Waals surface area contributed by atoms with E-state index in [2.05, 4.69) is 20.2 Å². The molecule has 0 aliphatic carbocycles. The summed E-state index contributed by atoms with van der Waals surface area (Å²) in [6.07, 6.45) is -3.48. The first kappa shape index (κ1) is 15.4. The minimum atomic E-state index is -1.34. The first-order chi connectivity index (χ1) is 11.0. The highest BCUT2D eigenvalue weighted by atomic mass is 16.6. The molecular weight excluding hydrogens is 308 g/mol. The summed E-state index contributed by atoms with van der Waals surface area (Å²) in [6, 6.07) is 0. The fourth-order valence-corrected chi connectivity index (χ4v) is 2.50. The Morgan fingerprint density at radius 1 is 1.35 bits per heavy atom. The molecular formula is C11H16N8O4. The predicted octanol–water partition coefficient (Wildman–Crippen LogP) is -3.40. The van der Waals surface area contributed by atoms with E-state index in [-0.39, 0.29) is 28.4 Å². The van der Waals surface area contributed by atoms with E-state index in [1.807, 2.05) is 0 Å². The molecule has 1 aliphatic heterocycles. The summed E-state index contributed by atoms with van der Waals surface area (Å²) in [7, 11) is 0. The molecule has 3 heterocycles. The normalized spacial score (nSPS) is 28.6. The number of nitrogens with zero attached hydrogens (tertiary/aromatic N) is 5. The van der Waals surface area contributed by atoms with Crippen LogP contribution in [0.5, 0.6) is 0 Å². The van der Waals surface area contributed by atoms with Gasteiger partial charge in [0.1, 0.15) is 36.2 Å². The van der Waals surface area contributed by atoms with Gasteiger partial charge in [-0.15, -0.1) is 0 Å². The molecule has 2 aromatic heterocycles. The van der Waals surface area contributed by atoms with E-state index in [9.17, 15) is 15.3 Å². The second-order valence-electron chi connectivity index (χ2n) is 4.99. The number of hydrogen-bond acceptors (Lipinski definition) is 10. The van der Waals surface area contributed by atoms with Gasteiger partial charge >= 0.3 is 0 Å². The smallest absolute Gasteiger partial charge is 0.181 e. The molecule has 0 bridgehead atoms. The molecule has 0 radical (unpaired) electrons. The third-order valence-corrected chi connectivity index (χ3v) is 3.66. The summed E-state index contributed by atoms with van der Waals surface area (Å²) in [5.74, 6) is 5.16. The van der Waals surface area contributed by atoms with Crippen LogP contribution in [0.2, 0.25) is 0 Å². The molecule has 2 aromatic rings. The van der Waals surface area contributed by atoms with Crippen molar-refractivity contribution in [1.29, 1.82) is 0 Å². The minimum absolute atomic E-state index is 0.0922. The van der Waals surface area contributed by atoms with Gasteiger partial charge in [-0.2, -0.15) is 10.2 Å². The van der Waals surface area contributed by atoms with Crippen molar-refractivity contribution in [2.75, 3.05) is 12.3 Å². The van der Waals surface area contributed by atoms with Crippen molar-refractivity contribution in [1.82, 2.24) is 19.7 Å². The highest BCUT2D eigenvalue weighted by Gasteiger charge is 2.45. The Morgan fingerprint density at radius 3 is 2.70 bits per heavy atom. The third kappa shape index (κ3) is 2.24. The molecule has 1 fully saturated rings. The predicted molar refractivity (Wildman–Crippen MR) is 77.7 cm³/mol. The number of ether oxygens (including phenoxy) is 1. The number of hydrazone groups is 1. The number of aliphatic hydroxyl groups is 3.